The van der Waals surface area contributed by atoms with Gasteiger partial charge in [-0.3, -0.25) is 0 Å². The topological polar surface area (TPSA) is 31.4 Å². The van der Waals surface area contributed by atoms with Crippen molar-refractivity contribution in [3.05, 3.63) is 32.9 Å². The second kappa shape index (κ2) is 5.61. The first-order valence-corrected chi connectivity index (χ1v) is 7.44. The van der Waals surface area contributed by atoms with Gasteiger partial charge in [0.05, 0.1) is 11.2 Å². The Kier molecular flexibility index (Phi) is 4.51. The molecule has 1 aliphatic heterocycles. The summed E-state index contributed by atoms with van der Waals surface area (Å²) in [6.45, 7) is 7.22. The van der Waals surface area contributed by atoms with Crippen LogP contribution in [0.1, 0.15) is 33.3 Å². The highest BCUT2D eigenvalue weighted by molar-refractivity contribution is 9.10. The Hall–Kier alpha value is -0.495. The van der Waals surface area contributed by atoms with Crippen LogP contribution >= 0.6 is 27.5 Å². The molecule has 2 rings (SSSR count). The molecular weight excluding hydrogens is 366 g/mol. The average molecular weight is 380 g/mol. The molecule has 0 saturated carbocycles. The summed E-state index contributed by atoms with van der Waals surface area (Å²) in [7, 11) is -1.19. The van der Waals surface area contributed by atoms with Crippen LogP contribution in [-0.2, 0) is 9.31 Å². The third-order valence-electron chi connectivity index (χ3n) is 3.73. The predicted octanol–water partition coefficient (Wildman–Crippen LogP) is 4.58. The van der Waals surface area contributed by atoms with Crippen molar-refractivity contribution < 1.29 is 18.1 Å². The second-order valence-electron chi connectivity index (χ2n) is 5.74. The third-order valence-corrected chi connectivity index (χ3v) is 4.62. The van der Waals surface area contributed by atoms with Crippen LogP contribution in [0.25, 0.3) is 6.08 Å². The van der Waals surface area contributed by atoms with Crippen molar-refractivity contribution in [2.45, 2.75) is 38.9 Å². The molecule has 114 valence electrons. The molecule has 1 saturated heterocycles. The molecule has 8 heteroatoms. The van der Waals surface area contributed by atoms with Gasteiger partial charge in [-0.25, -0.2) is 13.8 Å². The maximum absolute atomic E-state index is 14.3. The van der Waals surface area contributed by atoms with E-state index in [-0.39, 0.29) is 15.2 Å². The van der Waals surface area contributed by atoms with E-state index >= 15 is 0 Å². The fraction of sp³-hybridized carbons (Fsp3) is 0.462. The number of hydrogen-bond acceptors (Lipinski definition) is 3. The highest BCUT2D eigenvalue weighted by Gasteiger charge is 2.53. The molecule has 0 aliphatic carbocycles. The molecule has 0 N–H and O–H groups in total. The van der Waals surface area contributed by atoms with E-state index in [1.807, 2.05) is 0 Å². The first kappa shape index (κ1) is 16.9. The Morgan fingerprint density at radius 2 is 1.86 bits per heavy atom. The van der Waals surface area contributed by atoms with Gasteiger partial charge in [-0.15, -0.1) is 0 Å². The minimum Gasteiger partial charge on any atom is -0.398 e. The molecule has 0 radical (unpaired) electrons. The van der Waals surface area contributed by atoms with Gasteiger partial charge in [0.1, 0.15) is 5.73 Å². The first-order chi connectivity index (χ1) is 9.55. The van der Waals surface area contributed by atoms with Gasteiger partial charge in [0.2, 0.25) is 0 Å². The molecule has 0 aromatic carbocycles. The lowest BCUT2D eigenvalue weighted by Gasteiger charge is -2.32. The predicted molar refractivity (Wildman–Crippen MR) is 82.1 cm³/mol. The lowest BCUT2D eigenvalue weighted by molar-refractivity contribution is 0.00578. The van der Waals surface area contributed by atoms with Gasteiger partial charge >= 0.3 is 7.12 Å². The lowest BCUT2D eigenvalue weighted by atomic mass is 9.87. The molecule has 1 fully saturated rings. The van der Waals surface area contributed by atoms with Crippen LogP contribution in [0.2, 0.25) is 5.15 Å². The summed E-state index contributed by atoms with van der Waals surface area (Å²) in [4.78, 5) is 3.62. The zero-order valence-corrected chi connectivity index (χ0v) is 14.3. The number of pyridine rings is 1. The fourth-order valence-electron chi connectivity index (χ4n) is 1.75. The van der Waals surface area contributed by atoms with Crippen molar-refractivity contribution in [2.75, 3.05) is 0 Å². The van der Waals surface area contributed by atoms with Gasteiger partial charge in [-0.2, -0.15) is 0 Å². The van der Waals surface area contributed by atoms with Crippen molar-refractivity contribution in [1.29, 1.82) is 0 Å². The van der Waals surface area contributed by atoms with Gasteiger partial charge in [0.15, 0.2) is 11.0 Å². The second-order valence-corrected chi connectivity index (χ2v) is 6.95. The molecule has 0 bridgehead atoms. The van der Waals surface area contributed by atoms with Crippen molar-refractivity contribution in [3.63, 3.8) is 0 Å². The molecule has 2 heterocycles. The van der Waals surface area contributed by atoms with Crippen molar-refractivity contribution >= 4 is 40.7 Å². The number of halogens is 4. The highest BCUT2D eigenvalue weighted by atomic mass is 79.9. The standard InChI is InChI=1S/C13H14BBrClF2NO2/c1-12(2)13(3,4)21-14(20-12)9(17)5-7-8(15)6-19-11(16)10(7)18/h5-6H,1-4H3. The van der Waals surface area contributed by atoms with Crippen molar-refractivity contribution in [3.8, 4) is 0 Å². The van der Waals surface area contributed by atoms with E-state index in [0.717, 1.165) is 6.08 Å². The summed E-state index contributed by atoms with van der Waals surface area (Å²) in [5, 5.41) is -0.328. The summed E-state index contributed by atoms with van der Waals surface area (Å²) in [5.74, 6) is -0.808. The zero-order valence-electron chi connectivity index (χ0n) is 12.0. The van der Waals surface area contributed by atoms with Gasteiger partial charge in [0.25, 0.3) is 0 Å². The molecule has 0 atom stereocenters. The molecule has 3 nitrogen and oxygen atoms in total. The average Bonchev–Trinajstić information content (AvgIpc) is 2.59. The molecule has 0 unspecified atom stereocenters. The van der Waals surface area contributed by atoms with E-state index in [4.69, 9.17) is 20.9 Å². The van der Waals surface area contributed by atoms with Crippen LogP contribution in [0, 0.1) is 5.82 Å². The summed E-state index contributed by atoms with van der Waals surface area (Å²) < 4.78 is 39.6. The Balaban J connectivity index is 2.34. The van der Waals surface area contributed by atoms with Crippen molar-refractivity contribution in [1.82, 2.24) is 4.98 Å². The van der Waals surface area contributed by atoms with Gasteiger partial charge in [0, 0.05) is 16.2 Å². The minimum atomic E-state index is -1.19. The maximum Gasteiger partial charge on any atom is 0.525 e. The smallest absolute Gasteiger partial charge is 0.398 e. The van der Waals surface area contributed by atoms with E-state index in [2.05, 4.69) is 20.9 Å². The normalized spacial score (nSPS) is 21.0. The summed E-state index contributed by atoms with van der Waals surface area (Å²) in [6, 6.07) is 0. The largest absolute Gasteiger partial charge is 0.525 e. The molecular formula is C13H14BBrClF2NO2. The number of aromatic nitrogens is 1. The first-order valence-electron chi connectivity index (χ1n) is 6.27. The zero-order chi connectivity index (χ0) is 16.0. The van der Waals surface area contributed by atoms with Crippen LogP contribution in [0.5, 0.6) is 0 Å². The van der Waals surface area contributed by atoms with E-state index in [1.54, 1.807) is 27.7 Å². The molecule has 1 aliphatic rings. The van der Waals surface area contributed by atoms with E-state index in [0.29, 0.717) is 0 Å². The van der Waals surface area contributed by atoms with Crippen LogP contribution in [0.4, 0.5) is 8.78 Å². The quantitative estimate of drug-likeness (QED) is 0.556. The monoisotopic (exact) mass is 379 g/mol. The highest BCUT2D eigenvalue weighted by Crippen LogP contribution is 2.39. The molecule has 0 amide bonds. The van der Waals surface area contributed by atoms with Crippen LogP contribution in [0.3, 0.4) is 0 Å². The lowest BCUT2D eigenvalue weighted by Crippen LogP contribution is -2.41. The number of nitrogens with zero attached hydrogens (tertiary/aromatic N) is 1. The Labute approximate surface area is 135 Å². The summed E-state index contributed by atoms with van der Waals surface area (Å²) >= 11 is 8.71. The molecule has 0 spiro atoms. The molecule has 1 aromatic rings. The minimum absolute atomic E-state index is 0.0396. The summed E-state index contributed by atoms with van der Waals surface area (Å²) in [5.41, 5.74) is -2.12. The van der Waals surface area contributed by atoms with Gasteiger partial charge in [-0.05, 0) is 49.7 Å². The van der Waals surface area contributed by atoms with E-state index in [1.165, 1.54) is 6.20 Å². The van der Waals surface area contributed by atoms with E-state index < -0.39 is 29.9 Å². The summed E-state index contributed by atoms with van der Waals surface area (Å²) in [6.07, 6.45) is 2.30. The Bertz CT molecular complexity index is 594. The van der Waals surface area contributed by atoms with Gasteiger partial charge in [-0.1, -0.05) is 11.6 Å². The Morgan fingerprint density at radius 1 is 1.33 bits per heavy atom. The SMILES string of the molecule is CC1(C)OB(C(F)=Cc2c(Br)cnc(Cl)c2F)OC1(C)C. The molecule has 21 heavy (non-hydrogen) atoms. The Morgan fingerprint density at radius 3 is 2.38 bits per heavy atom. The molecule has 1 aromatic heterocycles. The van der Waals surface area contributed by atoms with Crippen molar-refractivity contribution in [2.24, 2.45) is 0 Å². The number of rotatable bonds is 2. The maximum atomic E-state index is 14.3. The van der Waals surface area contributed by atoms with Crippen LogP contribution < -0.4 is 0 Å². The third kappa shape index (κ3) is 3.16. The van der Waals surface area contributed by atoms with Crippen LogP contribution in [-0.4, -0.2) is 23.3 Å². The number of hydrogen-bond donors (Lipinski definition) is 0. The fourth-order valence-corrected chi connectivity index (χ4v) is 2.29. The van der Waals surface area contributed by atoms with Gasteiger partial charge < -0.3 is 9.31 Å². The van der Waals surface area contributed by atoms with Crippen LogP contribution in [0.15, 0.2) is 16.4 Å². The van der Waals surface area contributed by atoms with E-state index in [9.17, 15) is 8.78 Å².